The van der Waals surface area contributed by atoms with Gasteiger partial charge in [-0.1, -0.05) is 57.2 Å². The molecule has 0 radical (unpaired) electrons. The van der Waals surface area contributed by atoms with E-state index in [0.717, 1.165) is 22.2 Å². The van der Waals surface area contributed by atoms with Gasteiger partial charge < -0.3 is 10.2 Å². The second kappa shape index (κ2) is 12.5. The standard InChI is InChI=1S/C25H34N4O6S/c1-6-22(25(31)26-15-18(2)3)27(16-20-10-8-7-9-11-20)24(30)17-28(36(5,34)35)23-14-21(29(32)33)13-12-19(23)4/h7-14,18,22H,6,15-17H2,1-5H3,(H,26,31)/t22-/m1/s1. The summed E-state index contributed by atoms with van der Waals surface area (Å²) in [6.07, 6.45) is 1.25. The van der Waals surface area contributed by atoms with Crippen LogP contribution in [-0.2, 0) is 26.2 Å². The molecule has 0 aliphatic rings. The van der Waals surface area contributed by atoms with E-state index in [9.17, 15) is 28.1 Å². The maximum atomic E-state index is 13.7. The van der Waals surface area contributed by atoms with Crippen LogP contribution >= 0.6 is 0 Å². The van der Waals surface area contributed by atoms with E-state index in [1.807, 2.05) is 44.2 Å². The predicted octanol–water partition coefficient (Wildman–Crippen LogP) is 3.25. The van der Waals surface area contributed by atoms with Crippen molar-refractivity contribution >= 4 is 33.2 Å². The Kier molecular flexibility index (Phi) is 9.97. The molecule has 2 aromatic carbocycles. The predicted molar refractivity (Wildman–Crippen MR) is 139 cm³/mol. The van der Waals surface area contributed by atoms with E-state index in [4.69, 9.17) is 0 Å². The average Bonchev–Trinajstić information content (AvgIpc) is 2.81. The van der Waals surface area contributed by atoms with Gasteiger partial charge in [-0.25, -0.2) is 8.42 Å². The molecule has 2 rings (SSSR count). The number of nitro benzene ring substituents is 1. The summed E-state index contributed by atoms with van der Waals surface area (Å²) in [6, 6.07) is 12.1. The molecule has 0 spiro atoms. The summed E-state index contributed by atoms with van der Waals surface area (Å²) < 4.78 is 26.3. The van der Waals surface area contributed by atoms with Gasteiger partial charge in [0.25, 0.3) is 5.69 Å². The molecular formula is C25H34N4O6S. The van der Waals surface area contributed by atoms with Gasteiger partial charge in [0.05, 0.1) is 16.9 Å². The van der Waals surface area contributed by atoms with Crippen molar-refractivity contribution in [3.8, 4) is 0 Å². The first-order valence-electron chi connectivity index (χ1n) is 11.7. The smallest absolute Gasteiger partial charge is 0.271 e. The Hall–Kier alpha value is -3.47. The molecule has 0 saturated heterocycles. The number of benzene rings is 2. The zero-order valence-electron chi connectivity index (χ0n) is 21.3. The van der Waals surface area contributed by atoms with E-state index in [0.29, 0.717) is 18.5 Å². The molecule has 196 valence electrons. The van der Waals surface area contributed by atoms with Crippen molar-refractivity contribution in [2.75, 3.05) is 23.7 Å². The number of carbonyl (C=O) groups is 2. The molecule has 0 aliphatic heterocycles. The Morgan fingerprint density at radius 3 is 2.28 bits per heavy atom. The van der Waals surface area contributed by atoms with Crippen LogP contribution in [0.3, 0.4) is 0 Å². The van der Waals surface area contributed by atoms with Gasteiger partial charge >= 0.3 is 0 Å². The first kappa shape index (κ1) is 28.8. The van der Waals surface area contributed by atoms with Crippen molar-refractivity contribution in [2.24, 2.45) is 5.92 Å². The largest absolute Gasteiger partial charge is 0.354 e. The molecule has 2 aromatic rings. The van der Waals surface area contributed by atoms with Crippen LogP contribution in [0.1, 0.15) is 38.3 Å². The summed E-state index contributed by atoms with van der Waals surface area (Å²) >= 11 is 0. The van der Waals surface area contributed by atoms with Crippen LogP contribution in [-0.4, -0.2) is 55.4 Å². The first-order chi connectivity index (χ1) is 16.8. The quantitative estimate of drug-likeness (QED) is 0.339. The van der Waals surface area contributed by atoms with Crippen LogP contribution in [0.5, 0.6) is 0 Å². The van der Waals surface area contributed by atoms with Crippen molar-refractivity contribution in [1.29, 1.82) is 0 Å². The van der Waals surface area contributed by atoms with Crippen molar-refractivity contribution in [3.63, 3.8) is 0 Å². The third-order valence-electron chi connectivity index (χ3n) is 5.62. The number of amides is 2. The second-order valence-corrected chi connectivity index (χ2v) is 11.0. The number of nitrogens with zero attached hydrogens (tertiary/aromatic N) is 3. The average molecular weight is 519 g/mol. The number of hydrogen-bond acceptors (Lipinski definition) is 6. The highest BCUT2D eigenvalue weighted by atomic mass is 32.2. The summed E-state index contributed by atoms with van der Waals surface area (Å²) in [5.74, 6) is -0.711. The molecule has 2 amide bonds. The fourth-order valence-electron chi connectivity index (χ4n) is 3.70. The van der Waals surface area contributed by atoms with E-state index < -0.39 is 33.4 Å². The number of nitro groups is 1. The van der Waals surface area contributed by atoms with Crippen LogP contribution in [0, 0.1) is 23.0 Å². The highest BCUT2D eigenvalue weighted by Gasteiger charge is 2.32. The molecule has 0 saturated carbocycles. The molecule has 1 N–H and O–H groups in total. The van der Waals surface area contributed by atoms with Crippen LogP contribution in [0.25, 0.3) is 0 Å². The second-order valence-electron chi connectivity index (χ2n) is 9.07. The van der Waals surface area contributed by atoms with Crippen LogP contribution in [0.4, 0.5) is 11.4 Å². The Balaban J connectivity index is 2.48. The van der Waals surface area contributed by atoms with Gasteiger partial charge in [-0.2, -0.15) is 0 Å². The number of anilines is 1. The van der Waals surface area contributed by atoms with Gasteiger partial charge in [0.15, 0.2) is 0 Å². The molecular weight excluding hydrogens is 484 g/mol. The lowest BCUT2D eigenvalue weighted by atomic mass is 10.1. The topological polar surface area (TPSA) is 130 Å². The first-order valence-corrected chi connectivity index (χ1v) is 13.5. The number of rotatable bonds is 12. The van der Waals surface area contributed by atoms with E-state index in [2.05, 4.69) is 5.32 Å². The highest BCUT2D eigenvalue weighted by molar-refractivity contribution is 7.92. The number of nitrogens with one attached hydrogen (secondary N) is 1. The molecule has 10 nitrogen and oxygen atoms in total. The number of hydrogen-bond donors (Lipinski definition) is 1. The van der Waals surface area contributed by atoms with E-state index in [1.54, 1.807) is 13.8 Å². The number of sulfonamides is 1. The van der Waals surface area contributed by atoms with Gasteiger partial charge in [-0.3, -0.25) is 24.0 Å². The molecule has 1 atom stereocenters. The van der Waals surface area contributed by atoms with Crippen LogP contribution < -0.4 is 9.62 Å². The maximum absolute atomic E-state index is 13.7. The van der Waals surface area contributed by atoms with Crippen molar-refractivity contribution in [3.05, 3.63) is 69.8 Å². The third kappa shape index (κ3) is 7.77. The number of carbonyl (C=O) groups excluding carboxylic acids is 2. The van der Waals surface area contributed by atoms with Gasteiger partial charge in [0, 0.05) is 25.2 Å². The highest BCUT2D eigenvalue weighted by Crippen LogP contribution is 2.28. The van der Waals surface area contributed by atoms with Crippen molar-refractivity contribution in [1.82, 2.24) is 10.2 Å². The Morgan fingerprint density at radius 2 is 1.75 bits per heavy atom. The van der Waals surface area contributed by atoms with E-state index in [1.165, 1.54) is 17.0 Å². The summed E-state index contributed by atoms with van der Waals surface area (Å²) in [4.78, 5) is 38.7. The lowest BCUT2D eigenvalue weighted by Gasteiger charge is -2.33. The third-order valence-corrected chi connectivity index (χ3v) is 6.74. The number of non-ortho nitro benzene ring substituents is 1. The number of aryl methyl sites for hydroxylation is 1. The summed E-state index contributed by atoms with van der Waals surface area (Å²) in [5, 5.41) is 14.2. The van der Waals surface area contributed by atoms with Crippen LogP contribution in [0.2, 0.25) is 0 Å². The summed E-state index contributed by atoms with van der Waals surface area (Å²) in [6.45, 7) is 7.23. The van der Waals surface area contributed by atoms with Gasteiger partial charge in [-0.15, -0.1) is 0 Å². The van der Waals surface area contributed by atoms with Gasteiger partial charge in [0.1, 0.15) is 12.6 Å². The molecule has 0 fully saturated rings. The lowest BCUT2D eigenvalue weighted by molar-refractivity contribution is -0.384. The molecule has 36 heavy (non-hydrogen) atoms. The molecule has 0 bridgehead atoms. The fourth-order valence-corrected chi connectivity index (χ4v) is 4.60. The van der Waals surface area contributed by atoms with Crippen molar-refractivity contribution in [2.45, 2.75) is 46.7 Å². The summed E-state index contributed by atoms with van der Waals surface area (Å²) in [7, 11) is -4.00. The fraction of sp³-hybridized carbons (Fsp3) is 0.440. The SMILES string of the molecule is CC[C@H](C(=O)NCC(C)C)N(Cc1ccccc1)C(=O)CN(c1cc([N+](=O)[O-])ccc1C)S(C)(=O)=O. The zero-order chi connectivity index (χ0) is 27.0. The lowest BCUT2D eigenvalue weighted by Crippen LogP contribution is -2.52. The van der Waals surface area contributed by atoms with Gasteiger partial charge in [-0.05, 0) is 30.4 Å². The van der Waals surface area contributed by atoms with Crippen molar-refractivity contribution < 1.29 is 22.9 Å². The van der Waals surface area contributed by atoms with Gasteiger partial charge in [0.2, 0.25) is 21.8 Å². The van der Waals surface area contributed by atoms with E-state index in [-0.39, 0.29) is 29.7 Å². The normalized spacial score (nSPS) is 12.2. The zero-order valence-corrected chi connectivity index (χ0v) is 22.1. The minimum absolute atomic E-state index is 0.0389. The van der Waals surface area contributed by atoms with E-state index >= 15 is 0 Å². The Bertz CT molecular complexity index is 1180. The minimum atomic E-state index is -4.00. The molecule has 0 heterocycles. The molecule has 11 heteroatoms. The van der Waals surface area contributed by atoms with Crippen LogP contribution in [0.15, 0.2) is 48.5 Å². The minimum Gasteiger partial charge on any atom is -0.354 e. The Labute approximate surface area is 212 Å². The monoisotopic (exact) mass is 518 g/mol. The molecule has 0 aliphatic carbocycles. The Morgan fingerprint density at radius 1 is 1.11 bits per heavy atom. The summed E-state index contributed by atoms with van der Waals surface area (Å²) in [5.41, 5.74) is 0.975. The molecule has 0 unspecified atom stereocenters. The molecule has 0 aromatic heterocycles. The maximum Gasteiger partial charge on any atom is 0.271 e.